The van der Waals surface area contributed by atoms with E-state index < -0.39 is 12.0 Å². The van der Waals surface area contributed by atoms with Crippen LogP contribution in [0.25, 0.3) is 0 Å². The van der Waals surface area contributed by atoms with Crippen LogP contribution < -0.4 is 10.6 Å². The molecular weight excluding hydrogens is 304 g/mol. The summed E-state index contributed by atoms with van der Waals surface area (Å²) in [5.74, 6) is -0.573. The Labute approximate surface area is 137 Å². The number of ether oxygens (including phenoxy) is 1. The van der Waals surface area contributed by atoms with Gasteiger partial charge in [-0.25, -0.2) is 4.79 Å². The summed E-state index contributed by atoms with van der Waals surface area (Å²) < 4.78 is 4.78. The Kier molecular flexibility index (Phi) is 7.91. The number of rotatable bonds is 6. The third-order valence-corrected chi connectivity index (χ3v) is 3.76. The van der Waals surface area contributed by atoms with E-state index in [2.05, 4.69) is 10.6 Å². The van der Waals surface area contributed by atoms with Gasteiger partial charge in [-0.15, -0.1) is 12.4 Å². The van der Waals surface area contributed by atoms with Crippen molar-refractivity contribution in [2.75, 3.05) is 13.7 Å². The van der Waals surface area contributed by atoms with Crippen LogP contribution in [0.5, 0.6) is 0 Å². The van der Waals surface area contributed by atoms with Crippen LogP contribution in [-0.4, -0.2) is 31.6 Å². The first kappa shape index (κ1) is 18.5. The normalized spacial score (nSPS) is 18.1. The molecule has 1 aliphatic heterocycles. The van der Waals surface area contributed by atoms with Crippen molar-refractivity contribution in [1.29, 1.82) is 0 Å². The smallest absolute Gasteiger partial charge is 0.333 e. The molecule has 0 aliphatic carbocycles. The van der Waals surface area contributed by atoms with Gasteiger partial charge in [0, 0.05) is 12.5 Å². The molecule has 2 unspecified atom stereocenters. The Balaban J connectivity index is 0.00000242. The fraction of sp³-hybridized carbons (Fsp3) is 0.500. The lowest BCUT2D eigenvalue weighted by Crippen LogP contribution is -2.35. The van der Waals surface area contributed by atoms with Crippen molar-refractivity contribution < 1.29 is 14.3 Å². The van der Waals surface area contributed by atoms with Crippen molar-refractivity contribution in [2.24, 2.45) is 0 Å². The van der Waals surface area contributed by atoms with Crippen LogP contribution in [0.1, 0.15) is 37.3 Å². The second-order valence-corrected chi connectivity index (χ2v) is 5.27. The molecule has 1 saturated heterocycles. The zero-order chi connectivity index (χ0) is 15.1. The van der Waals surface area contributed by atoms with Crippen molar-refractivity contribution in [2.45, 2.75) is 37.8 Å². The van der Waals surface area contributed by atoms with E-state index in [0.29, 0.717) is 12.5 Å². The molecule has 1 heterocycles. The van der Waals surface area contributed by atoms with Gasteiger partial charge < -0.3 is 15.4 Å². The highest BCUT2D eigenvalue weighted by Crippen LogP contribution is 2.15. The van der Waals surface area contributed by atoms with Gasteiger partial charge in [-0.3, -0.25) is 4.79 Å². The molecule has 0 radical (unpaired) electrons. The summed E-state index contributed by atoms with van der Waals surface area (Å²) in [6, 6.07) is 8.83. The standard InChI is InChI=1S/C16H22N2O3.ClH/c1-21-16(20)15(12-6-3-2-4-7-12)18-14(19)10-9-13-8-5-11-17-13;/h2-4,6-7,13,15,17H,5,8-11H2,1H3,(H,18,19);1H. The van der Waals surface area contributed by atoms with Crippen molar-refractivity contribution in [3.63, 3.8) is 0 Å². The predicted molar refractivity (Wildman–Crippen MR) is 86.8 cm³/mol. The lowest BCUT2D eigenvalue weighted by molar-refractivity contribution is -0.145. The van der Waals surface area contributed by atoms with Crippen molar-refractivity contribution in [3.05, 3.63) is 35.9 Å². The minimum Gasteiger partial charge on any atom is -0.467 e. The molecule has 6 heteroatoms. The highest BCUT2D eigenvalue weighted by Gasteiger charge is 2.24. The van der Waals surface area contributed by atoms with Crippen molar-refractivity contribution in [1.82, 2.24) is 10.6 Å². The minimum absolute atomic E-state index is 0. The zero-order valence-electron chi connectivity index (χ0n) is 12.7. The Morgan fingerprint density at radius 1 is 1.36 bits per heavy atom. The fourth-order valence-corrected chi connectivity index (χ4v) is 2.58. The van der Waals surface area contributed by atoms with Crippen LogP contribution in [0.15, 0.2) is 30.3 Å². The molecule has 0 spiro atoms. The Bertz CT molecular complexity index is 476. The molecule has 2 rings (SSSR count). The molecule has 0 aromatic heterocycles. The maximum atomic E-state index is 12.1. The average molecular weight is 327 g/mol. The molecule has 2 N–H and O–H groups in total. The number of amides is 1. The number of carbonyl (C=O) groups excluding carboxylic acids is 2. The molecule has 1 aromatic rings. The Morgan fingerprint density at radius 3 is 2.68 bits per heavy atom. The minimum atomic E-state index is -0.736. The molecule has 5 nitrogen and oxygen atoms in total. The van der Waals surface area contributed by atoms with Crippen LogP contribution in [0.4, 0.5) is 0 Å². The number of hydrogen-bond donors (Lipinski definition) is 2. The van der Waals surface area contributed by atoms with Gasteiger partial charge in [0.2, 0.25) is 5.91 Å². The molecule has 0 bridgehead atoms. The summed E-state index contributed by atoms with van der Waals surface area (Å²) in [5, 5.41) is 6.13. The molecule has 1 amide bonds. The van der Waals surface area contributed by atoms with Crippen LogP contribution in [0, 0.1) is 0 Å². The number of halogens is 1. The van der Waals surface area contributed by atoms with E-state index >= 15 is 0 Å². The number of methoxy groups -OCH3 is 1. The van der Waals surface area contributed by atoms with Crippen LogP contribution in [-0.2, 0) is 14.3 Å². The first-order chi connectivity index (χ1) is 10.2. The van der Waals surface area contributed by atoms with Gasteiger partial charge in [0.25, 0.3) is 0 Å². The summed E-state index contributed by atoms with van der Waals surface area (Å²) in [6.45, 7) is 1.03. The largest absolute Gasteiger partial charge is 0.467 e. The summed E-state index contributed by atoms with van der Waals surface area (Å²) in [6.07, 6.45) is 3.50. The van der Waals surface area contributed by atoms with Crippen molar-refractivity contribution >= 4 is 24.3 Å². The molecule has 1 fully saturated rings. The van der Waals surface area contributed by atoms with Gasteiger partial charge in [-0.2, -0.15) is 0 Å². The lowest BCUT2D eigenvalue weighted by Gasteiger charge is -2.17. The summed E-state index contributed by atoms with van der Waals surface area (Å²) >= 11 is 0. The van der Waals surface area contributed by atoms with Gasteiger partial charge in [0.1, 0.15) is 0 Å². The molecule has 22 heavy (non-hydrogen) atoms. The maximum absolute atomic E-state index is 12.1. The van der Waals surface area contributed by atoms with E-state index in [0.717, 1.165) is 24.9 Å². The van der Waals surface area contributed by atoms with E-state index in [1.54, 1.807) is 12.1 Å². The van der Waals surface area contributed by atoms with Crippen LogP contribution in [0.2, 0.25) is 0 Å². The Morgan fingerprint density at radius 2 is 2.09 bits per heavy atom. The van der Waals surface area contributed by atoms with E-state index in [-0.39, 0.29) is 18.3 Å². The van der Waals surface area contributed by atoms with Gasteiger partial charge in [-0.1, -0.05) is 30.3 Å². The van der Waals surface area contributed by atoms with Crippen LogP contribution in [0.3, 0.4) is 0 Å². The summed E-state index contributed by atoms with van der Waals surface area (Å²) in [7, 11) is 1.33. The average Bonchev–Trinajstić information content (AvgIpc) is 3.04. The first-order valence-corrected chi connectivity index (χ1v) is 7.36. The molecular formula is C16H23ClN2O3. The third-order valence-electron chi connectivity index (χ3n) is 3.76. The van der Waals surface area contributed by atoms with Gasteiger partial charge in [-0.05, 0) is 31.4 Å². The molecule has 0 saturated carbocycles. The number of esters is 1. The zero-order valence-corrected chi connectivity index (χ0v) is 13.5. The second-order valence-electron chi connectivity index (χ2n) is 5.27. The fourth-order valence-electron chi connectivity index (χ4n) is 2.58. The van der Waals surface area contributed by atoms with E-state index in [1.807, 2.05) is 18.2 Å². The molecule has 2 atom stereocenters. The predicted octanol–water partition coefficient (Wildman–Crippen LogP) is 1.97. The summed E-state index contributed by atoms with van der Waals surface area (Å²) in [4.78, 5) is 23.9. The summed E-state index contributed by atoms with van der Waals surface area (Å²) in [5.41, 5.74) is 0.733. The first-order valence-electron chi connectivity index (χ1n) is 7.36. The van der Waals surface area contributed by atoms with E-state index in [4.69, 9.17) is 4.74 Å². The van der Waals surface area contributed by atoms with Crippen LogP contribution >= 0.6 is 12.4 Å². The lowest BCUT2D eigenvalue weighted by atomic mass is 10.1. The third kappa shape index (κ3) is 5.31. The maximum Gasteiger partial charge on any atom is 0.333 e. The van der Waals surface area contributed by atoms with Crippen molar-refractivity contribution in [3.8, 4) is 0 Å². The van der Waals surface area contributed by atoms with Gasteiger partial charge >= 0.3 is 5.97 Å². The molecule has 122 valence electrons. The number of benzene rings is 1. The molecule has 1 aliphatic rings. The Hall–Kier alpha value is -1.59. The molecule has 1 aromatic carbocycles. The van der Waals surface area contributed by atoms with E-state index in [9.17, 15) is 9.59 Å². The van der Waals surface area contributed by atoms with Gasteiger partial charge in [0.15, 0.2) is 6.04 Å². The second kappa shape index (κ2) is 9.43. The van der Waals surface area contributed by atoms with E-state index in [1.165, 1.54) is 13.5 Å². The number of carbonyl (C=O) groups is 2. The number of hydrogen-bond acceptors (Lipinski definition) is 4. The monoisotopic (exact) mass is 326 g/mol. The topological polar surface area (TPSA) is 67.4 Å². The van der Waals surface area contributed by atoms with Gasteiger partial charge in [0.05, 0.1) is 7.11 Å². The highest BCUT2D eigenvalue weighted by molar-refractivity contribution is 5.85. The number of nitrogens with one attached hydrogen (secondary N) is 2. The quantitative estimate of drug-likeness (QED) is 0.784. The highest BCUT2D eigenvalue weighted by atomic mass is 35.5. The SMILES string of the molecule is COC(=O)C(NC(=O)CCC1CCCN1)c1ccccc1.Cl.